The molecule has 124 valence electrons. The summed E-state index contributed by atoms with van der Waals surface area (Å²) >= 11 is 1.35. The second-order valence-corrected chi connectivity index (χ2v) is 6.59. The summed E-state index contributed by atoms with van der Waals surface area (Å²) in [6.07, 6.45) is 0. The van der Waals surface area contributed by atoms with Crippen LogP contribution in [0.25, 0.3) is 11.3 Å². The standard InChI is InChI=1S/C16H19F2N3OS/c1-10(2)19-15(22)7-21(3)8-16-20-14(9-23-16)12-6-11(17)4-5-13(12)18/h4-6,9-10H,7-8H2,1-3H3,(H,19,22). The summed E-state index contributed by atoms with van der Waals surface area (Å²) in [6, 6.07) is 3.39. The lowest BCUT2D eigenvalue weighted by Gasteiger charge is -2.16. The minimum Gasteiger partial charge on any atom is -0.353 e. The summed E-state index contributed by atoms with van der Waals surface area (Å²) in [5, 5.41) is 5.24. The van der Waals surface area contributed by atoms with Crippen molar-refractivity contribution in [1.29, 1.82) is 0 Å². The van der Waals surface area contributed by atoms with Gasteiger partial charge >= 0.3 is 0 Å². The largest absolute Gasteiger partial charge is 0.353 e. The number of hydrogen-bond acceptors (Lipinski definition) is 4. The molecule has 0 radical (unpaired) electrons. The summed E-state index contributed by atoms with van der Waals surface area (Å²) in [5.74, 6) is -1.07. The summed E-state index contributed by atoms with van der Waals surface area (Å²) in [6.45, 7) is 4.52. The van der Waals surface area contributed by atoms with Crippen LogP contribution in [0, 0.1) is 11.6 Å². The fraction of sp³-hybridized carbons (Fsp3) is 0.375. The molecule has 0 unspecified atom stereocenters. The third-order valence-corrected chi connectivity index (χ3v) is 3.86. The Bertz CT molecular complexity index is 688. The van der Waals surface area contributed by atoms with E-state index in [4.69, 9.17) is 0 Å². The van der Waals surface area contributed by atoms with E-state index in [0.717, 1.165) is 23.2 Å². The molecule has 0 aliphatic heterocycles. The Morgan fingerprint density at radius 2 is 2.13 bits per heavy atom. The molecule has 2 aromatic rings. The zero-order chi connectivity index (χ0) is 17.0. The molecule has 0 saturated carbocycles. The number of halogens is 2. The lowest BCUT2D eigenvalue weighted by atomic mass is 10.1. The van der Waals surface area contributed by atoms with Gasteiger partial charge in [-0.2, -0.15) is 0 Å². The van der Waals surface area contributed by atoms with Crippen LogP contribution < -0.4 is 5.32 Å². The van der Waals surface area contributed by atoms with E-state index in [1.165, 1.54) is 11.3 Å². The predicted octanol–water partition coefficient (Wildman–Crippen LogP) is 3.04. The van der Waals surface area contributed by atoms with Gasteiger partial charge in [0.15, 0.2) is 0 Å². The number of carbonyl (C=O) groups is 1. The molecule has 1 N–H and O–H groups in total. The van der Waals surface area contributed by atoms with E-state index in [2.05, 4.69) is 10.3 Å². The number of hydrogen-bond donors (Lipinski definition) is 1. The number of amides is 1. The summed E-state index contributed by atoms with van der Waals surface area (Å²) in [7, 11) is 1.81. The molecule has 7 heteroatoms. The lowest BCUT2D eigenvalue weighted by molar-refractivity contribution is -0.122. The van der Waals surface area contributed by atoms with Gasteiger partial charge in [0.25, 0.3) is 0 Å². The molecule has 0 spiro atoms. The molecule has 1 amide bonds. The van der Waals surface area contributed by atoms with Crippen LogP contribution in [0.1, 0.15) is 18.9 Å². The monoisotopic (exact) mass is 339 g/mol. The van der Waals surface area contributed by atoms with Crippen LogP contribution >= 0.6 is 11.3 Å². The third-order valence-electron chi connectivity index (χ3n) is 3.02. The van der Waals surface area contributed by atoms with E-state index in [0.29, 0.717) is 12.2 Å². The molecule has 2 rings (SSSR count). The SMILES string of the molecule is CC(C)NC(=O)CN(C)Cc1nc(-c2cc(F)ccc2F)cs1. The maximum atomic E-state index is 13.8. The van der Waals surface area contributed by atoms with Crippen molar-refractivity contribution in [3.63, 3.8) is 0 Å². The first kappa shape index (κ1) is 17.5. The fourth-order valence-electron chi connectivity index (χ4n) is 2.10. The van der Waals surface area contributed by atoms with Crippen LogP contribution in [-0.2, 0) is 11.3 Å². The van der Waals surface area contributed by atoms with Gasteiger partial charge in [0.05, 0.1) is 18.8 Å². The van der Waals surface area contributed by atoms with Crippen molar-refractivity contribution >= 4 is 17.2 Å². The number of thiazole rings is 1. The molecule has 0 aliphatic rings. The topological polar surface area (TPSA) is 45.2 Å². The van der Waals surface area contributed by atoms with Crippen LogP contribution in [-0.4, -0.2) is 35.4 Å². The van der Waals surface area contributed by atoms with Crippen LogP contribution in [0.15, 0.2) is 23.6 Å². The maximum Gasteiger partial charge on any atom is 0.234 e. The van der Waals surface area contributed by atoms with Gasteiger partial charge in [-0.1, -0.05) is 0 Å². The zero-order valence-electron chi connectivity index (χ0n) is 13.3. The Hall–Kier alpha value is -1.86. The molecular weight excluding hydrogens is 320 g/mol. The molecule has 0 atom stereocenters. The highest BCUT2D eigenvalue weighted by Gasteiger charge is 2.13. The van der Waals surface area contributed by atoms with Gasteiger partial charge in [-0.25, -0.2) is 13.8 Å². The summed E-state index contributed by atoms with van der Waals surface area (Å²) < 4.78 is 27.0. The summed E-state index contributed by atoms with van der Waals surface area (Å²) in [4.78, 5) is 17.9. The van der Waals surface area contributed by atoms with Gasteiger partial charge in [-0.3, -0.25) is 9.69 Å². The maximum absolute atomic E-state index is 13.8. The molecule has 0 saturated heterocycles. The zero-order valence-corrected chi connectivity index (χ0v) is 14.1. The van der Waals surface area contributed by atoms with E-state index in [1.54, 1.807) is 5.38 Å². The average molecular weight is 339 g/mol. The van der Waals surface area contributed by atoms with Crippen LogP contribution in [0.3, 0.4) is 0 Å². The number of nitrogens with zero attached hydrogens (tertiary/aromatic N) is 2. The van der Waals surface area contributed by atoms with Crippen molar-refractivity contribution in [2.45, 2.75) is 26.4 Å². The summed E-state index contributed by atoms with van der Waals surface area (Å²) in [5.41, 5.74) is 0.551. The molecule has 1 aromatic heterocycles. The van der Waals surface area contributed by atoms with E-state index in [1.807, 2.05) is 25.8 Å². The van der Waals surface area contributed by atoms with Crippen molar-refractivity contribution in [2.24, 2.45) is 0 Å². The van der Waals surface area contributed by atoms with Gasteiger partial charge in [-0.05, 0) is 39.1 Å². The molecule has 0 bridgehead atoms. The second kappa shape index (κ2) is 7.61. The van der Waals surface area contributed by atoms with Gasteiger partial charge in [0, 0.05) is 17.0 Å². The Morgan fingerprint density at radius 3 is 2.83 bits per heavy atom. The van der Waals surface area contributed by atoms with Crippen LogP contribution in [0.4, 0.5) is 8.78 Å². The Kier molecular flexibility index (Phi) is 5.79. The van der Waals surface area contributed by atoms with E-state index in [-0.39, 0.29) is 24.1 Å². The van der Waals surface area contributed by atoms with Crippen LogP contribution in [0.2, 0.25) is 0 Å². The molecule has 1 heterocycles. The van der Waals surface area contributed by atoms with E-state index < -0.39 is 11.6 Å². The van der Waals surface area contributed by atoms with Gasteiger partial charge in [0.2, 0.25) is 5.91 Å². The first-order valence-electron chi connectivity index (χ1n) is 7.23. The number of nitrogens with one attached hydrogen (secondary N) is 1. The third kappa shape index (κ3) is 5.07. The molecular formula is C16H19F2N3OS. The molecule has 23 heavy (non-hydrogen) atoms. The van der Waals surface area contributed by atoms with Gasteiger partial charge in [0.1, 0.15) is 16.6 Å². The van der Waals surface area contributed by atoms with Crippen molar-refractivity contribution < 1.29 is 13.6 Å². The minimum atomic E-state index is -0.507. The normalized spacial score (nSPS) is 11.3. The smallest absolute Gasteiger partial charge is 0.234 e. The number of rotatable bonds is 6. The lowest BCUT2D eigenvalue weighted by Crippen LogP contribution is -2.38. The van der Waals surface area contributed by atoms with Crippen molar-refractivity contribution in [2.75, 3.05) is 13.6 Å². The quantitative estimate of drug-likeness (QED) is 0.880. The Morgan fingerprint density at radius 1 is 1.39 bits per heavy atom. The van der Waals surface area contributed by atoms with Crippen molar-refractivity contribution in [1.82, 2.24) is 15.2 Å². The highest BCUT2D eigenvalue weighted by atomic mass is 32.1. The highest BCUT2D eigenvalue weighted by Crippen LogP contribution is 2.25. The number of likely N-dealkylation sites (N-methyl/N-ethyl adjacent to an activating group) is 1. The molecule has 1 aromatic carbocycles. The molecule has 0 aliphatic carbocycles. The van der Waals surface area contributed by atoms with Gasteiger partial charge in [-0.15, -0.1) is 11.3 Å². The van der Waals surface area contributed by atoms with Crippen molar-refractivity contribution in [3.8, 4) is 11.3 Å². The predicted molar refractivity (Wildman–Crippen MR) is 87.1 cm³/mol. The fourth-order valence-corrected chi connectivity index (χ4v) is 2.97. The first-order chi connectivity index (χ1) is 10.8. The van der Waals surface area contributed by atoms with Crippen LogP contribution in [0.5, 0.6) is 0 Å². The van der Waals surface area contributed by atoms with E-state index >= 15 is 0 Å². The first-order valence-corrected chi connectivity index (χ1v) is 8.11. The average Bonchev–Trinajstić information content (AvgIpc) is 2.88. The highest BCUT2D eigenvalue weighted by molar-refractivity contribution is 7.09. The minimum absolute atomic E-state index is 0.0598. The Labute approximate surface area is 138 Å². The van der Waals surface area contributed by atoms with Crippen molar-refractivity contribution in [3.05, 3.63) is 40.2 Å². The Balaban J connectivity index is 2.02. The number of carbonyl (C=O) groups excluding carboxylic acids is 1. The van der Waals surface area contributed by atoms with Gasteiger partial charge < -0.3 is 5.32 Å². The number of benzene rings is 1. The van der Waals surface area contributed by atoms with E-state index in [9.17, 15) is 13.6 Å². The molecule has 4 nitrogen and oxygen atoms in total. The molecule has 0 fully saturated rings. The number of aromatic nitrogens is 1. The second-order valence-electron chi connectivity index (χ2n) is 5.65.